The van der Waals surface area contributed by atoms with E-state index in [4.69, 9.17) is 0 Å². The molecule has 0 bridgehead atoms. The number of carbonyl (C=O) groups is 5. The lowest BCUT2D eigenvalue weighted by Gasteiger charge is -2.33. The van der Waals surface area contributed by atoms with Crippen LogP contribution in [0.4, 0.5) is 0 Å². The normalized spacial score (nSPS) is 15.2. The van der Waals surface area contributed by atoms with Gasteiger partial charge in [-0.15, -0.1) is 0 Å². The van der Waals surface area contributed by atoms with Crippen LogP contribution in [0.2, 0.25) is 0 Å². The summed E-state index contributed by atoms with van der Waals surface area (Å²) < 4.78 is 0. The van der Waals surface area contributed by atoms with Crippen molar-refractivity contribution >= 4 is 40.9 Å². The molecule has 0 aromatic heterocycles. The Bertz CT molecular complexity index is 1010. The zero-order chi connectivity index (χ0) is 29.7. The van der Waals surface area contributed by atoms with Gasteiger partial charge in [0.2, 0.25) is 17.7 Å². The summed E-state index contributed by atoms with van der Waals surface area (Å²) in [5, 5.41) is 9.03. The van der Waals surface area contributed by atoms with E-state index in [1.54, 1.807) is 14.0 Å². The van der Waals surface area contributed by atoms with E-state index in [1.165, 1.54) is 16.7 Å². The molecule has 1 aliphatic rings. The molecule has 2 unspecified atom stereocenters. The molecule has 0 fully saturated rings. The number of carbonyl (C=O) groups excluding carboxylic acids is 5. The maximum Gasteiger partial charge on any atom is 0.245 e. The lowest BCUT2D eigenvalue weighted by molar-refractivity contribution is -0.141. The number of nitrogens with zero attached hydrogens (tertiary/aromatic N) is 1. The summed E-state index contributed by atoms with van der Waals surface area (Å²) >= 11 is 1.29. The van der Waals surface area contributed by atoms with E-state index in [2.05, 4.69) is 16.0 Å². The largest absolute Gasteiger partial charge is 0.345 e. The fraction of sp³-hybridized carbons (Fsp3) is 0.633. The van der Waals surface area contributed by atoms with Gasteiger partial charge in [-0.3, -0.25) is 19.2 Å². The van der Waals surface area contributed by atoms with Crippen molar-refractivity contribution in [1.29, 1.82) is 0 Å². The molecule has 3 N–H and O–H groups in total. The number of hydrogen-bond donors (Lipinski definition) is 3. The van der Waals surface area contributed by atoms with Crippen molar-refractivity contribution in [3.63, 3.8) is 0 Å². The molecule has 0 saturated carbocycles. The van der Waals surface area contributed by atoms with Crippen molar-refractivity contribution in [2.45, 2.75) is 90.3 Å². The summed E-state index contributed by atoms with van der Waals surface area (Å²) in [4.78, 5) is 64.2. The number of nitrogens with one attached hydrogen (secondary N) is 3. The zero-order valence-corrected chi connectivity index (χ0v) is 25.4. The van der Waals surface area contributed by atoms with Gasteiger partial charge in [-0.05, 0) is 43.4 Å². The number of thioether (sulfide) groups is 1. The minimum absolute atomic E-state index is 0.0918. The lowest BCUT2D eigenvalue weighted by Crippen LogP contribution is -2.62. The number of unbranched alkanes of at least 4 members (excludes halogenated alkanes) is 2. The Hall–Kier alpha value is -2.72. The molecule has 3 amide bonds. The SMILES string of the molecule is CCCN(CC(=O)NC(C=O)CCCCCSC(C)=O)C(=O)C(NC(=O)C1(NC)Cc2ccccc2C1)C(C)C. The average molecular weight is 575 g/mol. The maximum absolute atomic E-state index is 13.7. The third kappa shape index (κ3) is 9.73. The first-order valence-corrected chi connectivity index (χ1v) is 15.3. The van der Waals surface area contributed by atoms with E-state index in [-0.39, 0.29) is 29.4 Å². The van der Waals surface area contributed by atoms with Crippen LogP contribution < -0.4 is 16.0 Å². The van der Waals surface area contributed by atoms with Crippen molar-refractivity contribution in [1.82, 2.24) is 20.9 Å². The van der Waals surface area contributed by atoms with Crippen LogP contribution >= 0.6 is 11.8 Å². The Morgan fingerprint density at radius 2 is 1.70 bits per heavy atom. The molecular formula is C30H46N4O5S. The molecule has 0 aliphatic heterocycles. The minimum Gasteiger partial charge on any atom is -0.345 e. The van der Waals surface area contributed by atoms with Gasteiger partial charge in [-0.2, -0.15) is 0 Å². The molecule has 2 atom stereocenters. The van der Waals surface area contributed by atoms with E-state index in [0.717, 1.165) is 42.4 Å². The van der Waals surface area contributed by atoms with Gasteiger partial charge in [0.25, 0.3) is 0 Å². The molecule has 40 heavy (non-hydrogen) atoms. The Morgan fingerprint density at radius 3 is 2.23 bits per heavy atom. The number of amides is 3. The second-order valence-electron chi connectivity index (χ2n) is 10.9. The monoisotopic (exact) mass is 574 g/mol. The summed E-state index contributed by atoms with van der Waals surface area (Å²) in [6, 6.07) is 6.54. The fourth-order valence-corrected chi connectivity index (χ4v) is 5.69. The first-order valence-electron chi connectivity index (χ1n) is 14.3. The number of likely N-dealkylation sites (N-methyl/N-ethyl adjacent to an activating group) is 1. The van der Waals surface area contributed by atoms with Gasteiger partial charge in [0, 0.05) is 32.1 Å². The first-order chi connectivity index (χ1) is 19.1. The van der Waals surface area contributed by atoms with E-state index in [1.807, 2.05) is 45.0 Å². The van der Waals surface area contributed by atoms with Crippen molar-refractivity contribution in [3.05, 3.63) is 35.4 Å². The van der Waals surface area contributed by atoms with Gasteiger partial charge in [0.15, 0.2) is 5.12 Å². The summed E-state index contributed by atoms with van der Waals surface area (Å²) in [5.41, 5.74) is 1.39. The topological polar surface area (TPSA) is 125 Å². The van der Waals surface area contributed by atoms with Gasteiger partial charge in [-0.1, -0.05) is 69.6 Å². The quantitative estimate of drug-likeness (QED) is 0.193. The van der Waals surface area contributed by atoms with Crippen LogP contribution in [0.3, 0.4) is 0 Å². The summed E-state index contributed by atoms with van der Waals surface area (Å²) in [6.45, 7) is 7.38. The molecule has 222 valence electrons. The molecule has 1 aromatic rings. The fourth-order valence-electron chi connectivity index (χ4n) is 5.05. The predicted octanol–water partition coefficient (Wildman–Crippen LogP) is 2.65. The highest BCUT2D eigenvalue weighted by molar-refractivity contribution is 8.13. The average Bonchev–Trinajstić information content (AvgIpc) is 3.32. The molecular weight excluding hydrogens is 528 g/mol. The number of hydrogen-bond acceptors (Lipinski definition) is 7. The Labute approximate surface area is 243 Å². The van der Waals surface area contributed by atoms with Gasteiger partial charge in [0.1, 0.15) is 17.9 Å². The third-order valence-electron chi connectivity index (χ3n) is 7.35. The van der Waals surface area contributed by atoms with Crippen LogP contribution in [0, 0.1) is 5.92 Å². The van der Waals surface area contributed by atoms with Crippen molar-refractivity contribution in [2.75, 3.05) is 25.9 Å². The van der Waals surface area contributed by atoms with Gasteiger partial charge >= 0.3 is 0 Å². The maximum atomic E-state index is 13.7. The summed E-state index contributed by atoms with van der Waals surface area (Å²) in [6.07, 6.45) is 5.41. The van der Waals surface area contributed by atoms with E-state index < -0.39 is 23.5 Å². The van der Waals surface area contributed by atoms with E-state index >= 15 is 0 Å². The number of fused-ring (bicyclic) bond motifs is 1. The smallest absolute Gasteiger partial charge is 0.245 e. The van der Waals surface area contributed by atoms with E-state index in [9.17, 15) is 24.0 Å². The molecule has 0 spiro atoms. The van der Waals surface area contributed by atoms with Crippen LogP contribution in [0.1, 0.15) is 70.9 Å². The zero-order valence-electron chi connectivity index (χ0n) is 24.6. The summed E-state index contributed by atoms with van der Waals surface area (Å²) in [5.74, 6) is -0.398. The number of benzene rings is 1. The molecule has 0 heterocycles. The van der Waals surface area contributed by atoms with Crippen LogP contribution in [-0.2, 0) is 36.8 Å². The highest BCUT2D eigenvalue weighted by atomic mass is 32.2. The Kier molecular flexibility index (Phi) is 13.8. The molecule has 10 heteroatoms. The van der Waals surface area contributed by atoms with Crippen LogP contribution in [-0.4, -0.2) is 77.5 Å². The predicted molar refractivity (Wildman–Crippen MR) is 159 cm³/mol. The van der Waals surface area contributed by atoms with Crippen LogP contribution in [0.5, 0.6) is 0 Å². The molecule has 0 radical (unpaired) electrons. The van der Waals surface area contributed by atoms with Crippen molar-refractivity contribution in [3.8, 4) is 0 Å². The Morgan fingerprint density at radius 1 is 1.05 bits per heavy atom. The van der Waals surface area contributed by atoms with Gasteiger partial charge < -0.3 is 25.6 Å². The second-order valence-corrected chi connectivity index (χ2v) is 12.2. The molecule has 1 aliphatic carbocycles. The number of aldehydes is 1. The second kappa shape index (κ2) is 16.5. The van der Waals surface area contributed by atoms with Crippen molar-refractivity contribution < 1.29 is 24.0 Å². The Balaban J connectivity index is 1.99. The molecule has 0 saturated heterocycles. The van der Waals surface area contributed by atoms with Crippen LogP contribution in [0.15, 0.2) is 24.3 Å². The third-order valence-corrected chi connectivity index (χ3v) is 8.25. The minimum atomic E-state index is -0.841. The molecule has 1 aromatic carbocycles. The standard InChI is InChI=1S/C30H46N4O5S/c1-6-15-34(19-26(37)32-25(20-35)14-8-7-11-16-40-22(4)36)28(38)27(21(2)3)33-29(39)30(31-5)17-23-12-9-10-13-24(23)18-30/h9-10,12-13,20-21,25,27,31H,6-8,11,14-19H2,1-5H3,(H,32,37)(H,33,39). The highest BCUT2D eigenvalue weighted by Crippen LogP contribution is 2.30. The van der Waals surface area contributed by atoms with Gasteiger partial charge in [-0.25, -0.2) is 0 Å². The molecule has 2 rings (SSSR count). The van der Waals surface area contributed by atoms with Crippen molar-refractivity contribution in [2.24, 2.45) is 5.92 Å². The highest BCUT2D eigenvalue weighted by Gasteiger charge is 2.44. The van der Waals surface area contributed by atoms with Gasteiger partial charge in [0.05, 0.1) is 12.6 Å². The lowest BCUT2D eigenvalue weighted by atomic mass is 9.92. The molecule has 9 nitrogen and oxygen atoms in total. The number of rotatable bonds is 17. The van der Waals surface area contributed by atoms with E-state index in [0.29, 0.717) is 32.2 Å². The van der Waals surface area contributed by atoms with Crippen LogP contribution in [0.25, 0.3) is 0 Å². The summed E-state index contributed by atoms with van der Waals surface area (Å²) in [7, 11) is 1.76. The first kappa shape index (κ1) is 33.5.